The second kappa shape index (κ2) is 6.08. The van der Waals surface area contributed by atoms with E-state index in [1.165, 1.54) is 12.1 Å². The summed E-state index contributed by atoms with van der Waals surface area (Å²) in [6.07, 6.45) is -2.56. The Morgan fingerprint density at radius 1 is 1.18 bits per heavy atom. The largest absolute Gasteiger partial charge is 0.416 e. The van der Waals surface area contributed by atoms with Gasteiger partial charge in [0, 0.05) is 5.92 Å². The second-order valence-corrected chi connectivity index (χ2v) is 5.40. The number of halogens is 3. The molecule has 2 aromatic rings. The number of piperidine rings is 1. The normalized spacial score (nSPS) is 16.9. The lowest BCUT2D eigenvalue weighted by atomic mass is 9.97. The molecule has 1 N–H and O–H groups in total. The molecule has 0 spiro atoms. The molecule has 0 amide bonds. The predicted octanol–water partition coefficient (Wildman–Crippen LogP) is 3.15. The number of aromatic nitrogens is 2. The van der Waals surface area contributed by atoms with Gasteiger partial charge in [0.1, 0.15) is 0 Å². The van der Waals surface area contributed by atoms with Crippen molar-refractivity contribution >= 4 is 0 Å². The number of alkyl halides is 3. The Bertz CT molecular complexity index is 633. The van der Waals surface area contributed by atoms with E-state index >= 15 is 0 Å². The quantitative estimate of drug-likeness (QED) is 0.946. The third-order valence-corrected chi connectivity index (χ3v) is 3.85. The summed E-state index contributed by atoms with van der Waals surface area (Å²) in [5, 5.41) is 7.18. The average molecular weight is 311 g/mol. The van der Waals surface area contributed by atoms with Gasteiger partial charge < -0.3 is 9.84 Å². The summed E-state index contributed by atoms with van der Waals surface area (Å²) in [5.41, 5.74) is -0.507. The molecule has 118 valence electrons. The van der Waals surface area contributed by atoms with Crippen LogP contribution in [0.1, 0.15) is 41.6 Å². The van der Waals surface area contributed by atoms with Crippen molar-refractivity contribution in [2.75, 3.05) is 13.1 Å². The van der Waals surface area contributed by atoms with E-state index in [0.717, 1.165) is 32.0 Å². The maximum Gasteiger partial charge on any atom is 0.416 e. The summed E-state index contributed by atoms with van der Waals surface area (Å²) < 4.78 is 44.1. The standard InChI is InChI=1S/C15H16F3N3O/c16-15(17,18)12-4-2-1-3-11(12)9-13-20-14(21-22-13)10-5-7-19-8-6-10/h1-4,10,19H,5-9H2. The molecule has 1 aliphatic heterocycles. The van der Waals surface area contributed by atoms with Gasteiger partial charge in [-0.15, -0.1) is 0 Å². The minimum atomic E-state index is -4.38. The third-order valence-electron chi connectivity index (χ3n) is 3.85. The molecule has 7 heteroatoms. The fraction of sp³-hybridized carbons (Fsp3) is 0.467. The van der Waals surface area contributed by atoms with Crippen LogP contribution in [0, 0.1) is 0 Å². The highest BCUT2D eigenvalue weighted by Gasteiger charge is 2.33. The molecule has 0 radical (unpaired) electrons. The highest BCUT2D eigenvalue weighted by atomic mass is 19.4. The predicted molar refractivity (Wildman–Crippen MR) is 73.4 cm³/mol. The number of benzene rings is 1. The lowest BCUT2D eigenvalue weighted by molar-refractivity contribution is -0.138. The van der Waals surface area contributed by atoms with Crippen LogP contribution in [0.5, 0.6) is 0 Å². The Kier molecular flexibility index (Phi) is 4.15. The van der Waals surface area contributed by atoms with Crippen molar-refractivity contribution in [1.82, 2.24) is 15.5 Å². The SMILES string of the molecule is FC(F)(F)c1ccccc1Cc1nc(C2CCNCC2)no1. The topological polar surface area (TPSA) is 51.0 Å². The maximum absolute atomic E-state index is 13.0. The first-order chi connectivity index (χ1) is 10.5. The number of rotatable bonds is 3. The number of hydrogen-bond acceptors (Lipinski definition) is 4. The monoisotopic (exact) mass is 311 g/mol. The molecule has 1 fully saturated rings. The van der Waals surface area contributed by atoms with Crippen molar-refractivity contribution in [1.29, 1.82) is 0 Å². The second-order valence-electron chi connectivity index (χ2n) is 5.40. The van der Waals surface area contributed by atoms with E-state index in [4.69, 9.17) is 4.52 Å². The molecule has 0 unspecified atom stereocenters. The van der Waals surface area contributed by atoms with Gasteiger partial charge in [-0.3, -0.25) is 0 Å². The molecule has 2 heterocycles. The van der Waals surface area contributed by atoms with E-state index in [2.05, 4.69) is 15.5 Å². The molecule has 1 aromatic heterocycles. The van der Waals surface area contributed by atoms with Crippen molar-refractivity contribution < 1.29 is 17.7 Å². The van der Waals surface area contributed by atoms with Crippen LogP contribution in [-0.4, -0.2) is 23.2 Å². The van der Waals surface area contributed by atoms with Crippen molar-refractivity contribution in [2.24, 2.45) is 0 Å². The first-order valence-electron chi connectivity index (χ1n) is 7.22. The van der Waals surface area contributed by atoms with E-state index < -0.39 is 11.7 Å². The first kappa shape index (κ1) is 15.0. The van der Waals surface area contributed by atoms with Crippen LogP contribution in [0.2, 0.25) is 0 Å². The molecule has 22 heavy (non-hydrogen) atoms. The smallest absolute Gasteiger partial charge is 0.339 e. The summed E-state index contributed by atoms with van der Waals surface area (Å²) in [7, 11) is 0. The maximum atomic E-state index is 13.0. The Labute approximate surface area is 125 Å². The van der Waals surface area contributed by atoms with Gasteiger partial charge in [0.25, 0.3) is 0 Å². The number of nitrogens with one attached hydrogen (secondary N) is 1. The van der Waals surface area contributed by atoms with Gasteiger partial charge in [0.05, 0.1) is 12.0 Å². The van der Waals surface area contributed by atoms with Gasteiger partial charge in [0.2, 0.25) is 5.89 Å². The van der Waals surface area contributed by atoms with Crippen molar-refractivity contribution in [2.45, 2.75) is 31.4 Å². The fourth-order valence-corrected chi connectivity index (χ4v) is 2.70. The average Bonchev–Trinajstić information content (AvgIpc) is 2.96. The summed E-state index contributed by atoms with van der Waals surface area (Å²) in [5.74, 6) is 1.04. The van der Waals surface area contributed by atoms with Crippen LogP contribution in [0.3, 0.4) is 0 Å². The van der Waals surface area contributed by atoms with Gasteiger partial charge in [-0.1, -0.05) is 23.4 Å². The minimum absolute atomic E-state index is 0.00630. The number of hydrogen-bond donors (Lipinski definition) is 1. The Morgan fingerprint density at radius 3 is 2.64 bits per heavy atom. The molecule has 0 bridgehead atoms. The van der Waals surface area contributed by atoms with Crippen molar-refractivity contribution in [3.63, 3.8) is 0 Å². The third kappa shape index (κ3) is 3.30. The van der Waals surface area contributed by atoms with Gasteiger partial charge in [-0.25, -0.2) is 0 Å². The first-order valence-corrected chi connectivity index (χ1v) is 7.22. The fourth-order valence-electron chi connectivity index (χ4n) is 2.70. The lowest BCUT2D eigenvalue weighted by Crippen LogP contribution is -2.27. The van der Waals surface area contributed by atoms with E-state index in [9.17, 15) is 13.2 Å². The van der Waals surface area contributed by atoms with E-state index in [-0.39, 0.29) is 23.8 Å². The van der Waals surface area contributed by atoms with Crippen LogP contribution in [0.4, 0.5) is 13.2 Å². The highest BCUT2D eigenvalue weighted by molar-refractivity contribution is 5.31. The van der Waals surface area contributed by atoms with E-state index in [0.29, 0.717) is 5.82 Å². The van der Waals surface area contributed by atoms with Crippen molar-refractivity contribution in [3.8, 4) is 0 Å². The van der Waals surface area contributed by atoms with Crippen LogP contribution < -0.4 is 5.32 Å². The molecule has 0 atom stereocenters. The summed E-state index contributed by atoms with van der Waals surface area (Å²) in [6.45, 7) is 1.79. The molecule has 0 aliphatic carbocycles. The molecular formula is C15H16F3N3O. The molecule has 0 saturated carbocycles. The Balaban J connectivity index is 1.78. The van der Waals surface area contributed by atoms with E-state index in [1.54, 1.807) is 6.07 Å². The molecule has 1 saturated heterocycles. The molecule has 3 rings (SSSR count). The number of nitrogens with zero attached hydrogens (tertiary/aromatic N) is 2. The zero-order valence-corrected chi connectivity index (χ0v) is 11.9. The van der Waals surface area contributed by atoms with Gasteiger partial charge >= 0.3 is 6.18 Å². The van der Waals surface area contributed by atoms with Gasteiger partial charge in [-0.2, -0.15) is 18.2 Å². The minimum Gasteiger partial charge on any atom is -0.339 e. The zero-order chi connectivity index (χ0) is 15.6. The van der Waals surface area contributed by atoms with Gasteiger partial charge in [0.15, 0.2) is 5.82 Å². The molecule has 1 aliphatic rings. The van der Waals surface area contributed by atoms with Crippen LogP contribution in [-0.2, 0) is 12.6 Å². The molecule has 4 nitrogen and oxygen atoms in total. The molecule has 1 aromatic carbocycles. The molecular weight excluding hydrogens is 295 g/mol. The van der Waals surface area contributed by atoms with Gasteiger partial charge in [-0.05, 0) is 37.6 Å². The zero-order valence-electron chi connectivity index (χ0n) is 11.9. The Morgan fingerprint density at radius 2 is 1.91 bits per heavy atom. The van der Waals surface area contributed by atoms with E-state index in [1.807, 2.05) is 0 Å². The summed E-state index contributed by atoms with van der Waals surface area (Å²) in [4.78, 5) is 4.28. The van der Waals surface area contributed by atoms with Crippen LogP contribution in [0.15, 0.2) is 28.8 Å². The highest BCUT2D eigenvalue weighted by Crippen LogP contribution is 2.33. The summed E-state index contributed by atoms with van der Waals surface area (Å²) in [6, 6.07) is 5.46. The van der Waals surface area contributed by atoms with Crippen LogP contribution in [0.25, 0.3) is 0 Å². The van der Waals surface area contributed by atoms with Crippen LogP contribution >= 0.6 is 0 Å². The lowest BCUT2D eigenvalue weighted by Gasteiger charge is -2.18. The van der Waals surface area contributed by atoms with Crippen molar-refractivity contribution in [3.05, 3.63) is 47.1 Å². The Hall–Kier alpha value is -1.89. The summed E-state index contributed by atoms with van der Waals surface area (Å²) >= 11 is 0.